The second-order valence-corrected chi connectivity index (χ2v) is 5.25. The van der Waals surface area contributed by atoms with Crippen molar-refractivity contribution in [1.29, 1.82) is 0 Å². The molecule has 0 aromatic heterocycles. The van der Waals surface area contributed by atoms with Crippen molar-refractivity contribution in [1.82, 2.24) is 10.2 Å². The van der Waals surface area contributed by atoms with Crippen molar-refractivity contribution in [3.63, 3.8) is 0 Å². The number of carbonyl (C=O) groups excluding carboxylic acids is 2. The molecule has 1 aromatic rings. The summed E-state index contributed by atoms with van der Waals surface area (Å²) in [6, 6.07) is 6.97. The van der Waals surface area contributed by atoms with Gasteiger partial charge >= 0.3 is 5.97 Å². The van der Waals surface area contributed by atoms with Gasteiger partial charge in [0.05, 0.1) is 12.7 Å². The molecule has 6 nitrogen and oxygen atoms in total. The first-order chi connectivity index (χ1) is 10.5. The monoisotopic (exact) mass is 307 g/mol. The average Bonchev–Trinajstić information content (AvgIpc) is 2.51. The van der Waals surface area contributed by atoms with Crippen molar-refractivity contribution in [2.24, 2.45) is 0 Å². The summed E-state index contributed by atoms with van der Waals surface area (Å²) in [5, 5.41) is 6.04. The van der Waals surface area contributed by atoms with E-state index in [-0.39, 0.29) is 11.9 Å². The van der Waals surface area contributed by atoms with Crippen LogP contribution in [0.5, 0.6) is 0 Å². The highest BCUT2D eigenvalue weighted by Gasteiger charge is 2.04. The molecule has 0 bridgehead atoms. The smallest absolute Gasteiger partial charge is 0.337 e. The Bertz CT molecular complexity index is 472. The molecular weight excluding hydrogens is 282 g/mol. The van der Waals surface area contributed by atoms with Crippen LogP contribution in [0.3, 0.4) is 0 Å². The molecule has 0 saturated heterocycles. The van der Waals surface area contributed by atoms with E-state index in [2.05, 4.69) is 20.3 Å². The Morgan fingerprint density at radius 1 is 1.14 bits per heavy atom. The normalized spacial score (nSPS) is 10.4. The molecule has 6 heteroatoms. The molecule has 0 radical (unpaired) electrons. The predicted molar refractivity (Wildman–Crippen MR) is 87.1 cm³/mol. The summed E-state index contributed by atoms with van der Waals surface area (Å²) in [5.74, 6) is -0.318. The molecule has 22 heavy (non-hydrogen) atoms. The van der Waals surface area contributed by atoms with Crippen molar-refractivity contribution in [2.45, 2.75) is 12.8 Å². The quantitative estimate of drug-likeness (QED) is 0.532. The molecular formula is C16H25N3O3. The molecule has 0 spiro atoms. The number of anilines is 1. The third-order valence-corrected chi connectivity index (χ3v) is 3.09. The van der Waals surface area contributed by atoms with Gasteiger partial charge in [-0.05, 0) is 51.3 Å². The fourth-order valence-electron chi connectivity index (χ4n) is 1.87. The fourth-order valence-corrected chi connectivity index (χ4v) is 1.87. The molecule has 0 aliphatic carbocycles. The molecule has 0 atom stereocenters. The Morgan fingerprint density at radius 2 is 1.82 bits per heavy atom. The van der Waals surface area contributed by atoms with Crippen molar-refractivity contribution < 1.29 is 14.3 Å². The van der Waals surface area contributed by atoms with Gasteiger partial charge in [-0.3, -0.25) is 4.79 Å². The lowest BCUT2D eigenvalue weighted by atomic mass is 10.2. The Balaban J connectivity index is 2.21. The minimum absolute atomic E-state index is 0.0393. The van der Waals surface area contributed by atoms with E-state index in [1.54, 1.807) is 24.3 Å². The second-order valence-electron chi connectivity index (χ2n) is 5.25. The SMILES string of the molecule is COC(=O)c1ccc(NCCC(=O)NCCCN(C)C)cc1. The van der Waals surface area contributed by atoms with E-state index in [1.165, 1.54) is 7.11 Å². The minimum Gasteiger partial charge on any atom is -0.465 e. The molecule has 1 amide bonds. The lowest BCUT2D eigenvalue weighted by molar-refractivity contribution is -0.120. The molecule has 0 fully saturated rings. The number of benzene rings is 1. The van der Waals surface area contributed by atoms with Gasteiger partial charge in [-0.2, -0.15) is 0 Å². The number of hydrogen-bond donors (Lipinski definition) is 2. The number of hydrogen-bond acceptors (Lipinski definition) is 5. The molecule has 0 aliphatic heterocycles. The standard InChI is InChI=1S/C16H25N3O3/c1-19(2)12-4-10-18-15(20)9-11-17-14-7-5-13(6-8-14)16(21)22-3/h5-8,17H,4,9-12H2,1-3H3,(H,18,20). The van der Waals surface area contributed by atoms with E-state index in [1.807, 2.05) is 14.1 Å². The van der Waals surface area contributed by atoms with Gasteiger partial charge in [0.25, 0.3) is 0 Å². The van der Waals surface area contributed by atoms with Gasteiger partial charge in [0, 0.05) is 25.2 Å². The number of ether oxygens (including phenoxy) is 1. The molecule has 2 N–H and O–H groups in total. The zero-order chi connectivity index (χ0) is 16.4. The topological polar surface area (TPSA) is 70.7 Å². The Labute approximate surface area is 131 Å². The van der Waals surface area contributed by atoms with Gasteiger partial charge in [-0.1, -0.05) is 0 Å². The number of amides is 1. The van der Waals surface area contributed by atoms with Gasteiger partial charge in [0.15, 0.2) is 0 Å². The van der Waals surface area contributed by atoms with E-state index < -0.39 is 0 Å². The first-order valence-corrected chi connectivity index (χ1v) is 7.36. The lowest BCUT2D eigenvalue weighted by Gasteiger charge is -2.10. The zero-order valence-electron chi connectivity index (χ0n) is 13.5. The largest absolute Gasteiger partial charge is 0.465 e. The first-order valence-electron chi connectivity index (χ1n) is 7.36. The molecule has 122 valence electrons. The van der Waals surface area contributed by atoms with E-state index in [9.17, 15) is 9.59 Å². The zero-order valence-corrected chi connectivity index (χ0v) is 13.5. The Morgan fingerprint density at radius 3 is 2.41 bits per heavy atom. The highest BCUT2D eigenvalue weighted by Crippen LogP contribution is 2.10. The summed E-state index contributed by atoms with van der Waals surface area (Å²) >= 11 is 0. The van der Waals surface area contributed by atoms with Crippen LogP contribution in [-0.2, 0) is 9.53 Å². The maximum Gasteiger partial charge on any atom is 0.337 e. The molecule has 1 aromatic carbocycles. The Hall–Kier alpha value is -2.08. The molecule has 0 heterocycles. The Kier molecular flexibility index (Phi) is 7.99. The highest BCUT2D eigenvalue weighted by molar-refractivity contribution is 5.89. The fraction of sp³-hybridized carbons (Fsp3) is 0.500. The van der Waals surface area contributed by atoms with Gasteiger partial charge in [0.1, 0.15) is 0 Å². The second kappa shape index (κ2) is 9.78. The van der Waals surface area contributed by atoms with Crippen LogP contribution in [0.2, 0.25) is 0 Å². The van der Waals surface area contributed by atoms with E-state index >= 15 is 0 Å². The van der Waals surface area contributed by atoms with Crippen LogP contribution in [0.1, 0.15) is 23.2 Å². The first kappa shape index (κ1) is 18.0. The third kappa shape index (κ3) is 7.08. The summed E-state index contributed by atoms with van der Waals surface area (Å²) in [6.45, 7) is 2.22. The predicted octanol–water partition coefficient (Wildman–Crippen LogP) is 1.34. The van der Waals surface area contributed by atoms with E-state index in [0.29, 0.717) is 25.1 Å². The summed E-state index contributed by atoms with van der Waals surface area (Å²) in [6.07, 6.45) is 1.36. The van der Waals surface area contributed by atoms with Gasteiger partial charge in [0.2, 0.25) is 5.91 Å². The van der Waals surface area contributed by atoms with Crippen LogP contribution in [0.15, 0.2) is 24.3 Å². The van der Waals surface area contributed by atoms with E-state index in [0.717, 1.165) is 18.7 Å². The lowest BCUT2D eigenvalue weighted by Crippen LogP contribution is -2.28. The minimum atomic E-state index is -0.358. The summed E-state index contributed by atoms with van der Waals surface area (Å²) in [4.78, 5) is 25.0. The van der Waals surface area contributed by atoms with Crippen LogP contribution < -0.4 is 10.6 Å². The number of rotatable bonds is 9. The average molecular weight is 307 g/mol. The van der Waals surface area contributed by atoms with Crippen molar-refractivity contribution in [3.05, 3.63) is 29.8 Å². The van der Waals surface area contributed by atoms with Crippen LogP contribution >= 0.6 is 0 Å². The van der Waals surface area contributed by atoms with Crippen LogP contribution in [0.25, 0.3) is 0 Å². The van der Waals surface area contributed by atoms with Gasteiger partial charge in [-0.15, -0.1) is 0 Å². The van der Waals surface area contributed by atoms with Gasteiger partial charge < -0.3 is 20.3 Å². The van der Waals surface area contributed by atoms with Crippen molar-refractivity contribution >= 4 is 17.6 Å². The molecule has 1 rings (SSSR count). The summed E-state index contributed by atoms with van der Waals surface area (Å²) in [5.41, 5.74) is 1.37. The van der Waals surface area contributed by atoms with Crippen LogP contribution in [0.4, 0.5) is 5.69 Å². The molecule has 0 aliphatic rings. The highest BCUT2D eigenvalue weighted by atomic mass is 16.5. The van der Waals surface area contributed by atoms with Gasteiger partial charge in [-0.25, -0.2) is 4.79 Å². The third-order valence-electron chi connectivity index (χ3n) is 3.09. The number of methoxy groups -OCH3 is 1. The summed E-state index contributed by atoms with van der Waals surface area (Å²) in [7, 11) is 5.38. The molecule has 0 unspecified atom stereocenters. The van der Waals surface area contributed by atoms with Crippen molar-refractivity contribution in [3.8, 4) is 0 Å². The van der Waals surface area contributed by atoms with Crippen molar-refractivity contribution in [2.75, 3.05) is 46.2 Å². The maximum absolute atomic E-state index is 11.6. The number of nitrogens with zero attached hydrogens (tertiary/aromatic N) is 1. The molecule has 0 saturated carbocycles. The van der Waals surface area contributed by atoms with Crippen LogP contribution in [-0.4, -0.2) is 57.6 Å². The maximum atomic E-state index is 11.6. The van der Waals surface area contributed by atoms with Crippen LogP contribution in [0, 0.1) is 0 Å². The number of esters is 1. The number of carbonyl (C=O) groups is 2. The van der Waals surface area contributed by atoms with E-state index in [4.69, 9.17) is 0 Å². The summed E-state index contributed by atoms with van der Waals surface area (Å²) < 4.78 is 4.63. The number of nitrogens with one attached hydrogen (secondary N) is 2.